The van der Waals surface area contributed by atoms with Gasteiger partial charge in [0.15, 0.2) is 0 Å². The first-order chi connectivity index (χ1) is 14.7. The summed E-state index contributed by atoms with van der Waals surface area (Å²) in [7, 11) is 0. The van der Waals surface area contributed by atoms with Crippen LogP contribution in [0.4, 0.5) is 5.82 Å². The van der Waals surface area contributed by atoms with Crippen LogP contribution >= 0.6 is 11.6 Å². The van der Waals surface area contributed by atoms with Gasteiger partial charge in [0, 0.05) is 37.4 Å². The highest BCUT2D eigenvalue weighted by Gasteiger charge is 2.44. The smallest absolute Gasteiger partial charge is 0.233 e. The SMILES string of the molecule is O=C(N1CCN(c2ncnc3[nH]ccc23)CC1)C1(c2ccc(Cl)cc2)CCNCC1. The van der Waals surface area contributed by atoms with Crippen LogP contribution in [0.15, 0.2) is 42.9 Å². The van der Waals surface area contributed by atoms with E-state index in [4.69, 9.17) is 11.6 Å². The molecule has 2 aliphatic heterocycles. The minimum absolute atomic E-state index is 0.237. The molecule has 0 aliphatic carbocycles. The van der Waals surface area contributed by atoms with Gasteiger partial charge >= 0.3 is 0 Å². The Hall–Kier alpha value is -2.64. The van der Waals surface area contributed by atoms with Crippen LogP contribution in [0.5, 0.6) is 0 Å². The molecule has 0 spiro atoms. The van der Waals surface area contributed by atoms with Crippen molar-refractivity contribution in [2.75, 3.05) is 44.2 Å². The lowest BCUT2D eigenvalue weighted by atomic mass is 9.72. The molecule has 8 heteroatoms. The van der Waals surface area contributed by atoms with Crippen molar-refractivity contribution in [1.29, 1.82) is 0 Å². The highest BCUT2D eigenvalue weighted by molar-refractivity contribution is 6.30. The monoisotopic (exact) mass is 424 g/mol. The summed E-state index contributed by atoms with van der Waals surface area (Å²) < 4.78 is 0. The van der Waals surface area contributed by atoms with E-state index in [0.29, 0.717) is 18.1 Å². The lowest BCUT2D eigenvalue weighted by Gasteiger charge is -2.43. The summed E-state index contributed by atoms with van der Waals surface area (Å²) in [5, 5.41) is 5.12. The van der Waals surface area contributed by atoms with Crippen LogP contribution in [0, 0.1) is 0 Å². The van der Waals surface area contributed by atoms with Crippen molar-refractivity contribution in [2.45, 2.75) is 18.3 Å². The number of H-pyrrole nitrogens is 1. The van der Waals surface area contributed by atoms with Gasteiger partial charge in [-0.25, -0.2) is 9.97 Å². The molecule has 1 aromatic carbocycles. The Morgan fingerprint density at radius 2 is 1.73 bits per heavy atom. The zero-order valence-electron chi connectivity index (χ0n) is 16.8. The third-order valence-corrected chi connectivity index (χ3v) is 6.71. The summed E-state index contributed by atoms with van der Waals surface area (Å²) in [6, 6.07) is 9.83. The van der Waals surface area contributed by atoms with Crippen LogP contribution in [-0.2, 0) is 10.2 Å². The number of nitrogens with one attached hydrogen (secondary N) is 2. The topological polar surface area (TPSA) is 77.2 Å². The van der Waals surface area contributed by atoms with Crippen LogP contribution in [0.1, 0.15) is 18.4 Å². The molecular weight excluding hydrogens is 400 g/mol. The minimum atomic E-state index is -0.471. The summed E-state index contributed by atoms with van der Waals surface area (Å²) in [6.07, 6.45) is 5.10. The number of piperidine rings is 1. The molecule has 2 fully saturated rings. The molecule has 0 saturated carbocycles. The number of amides is 1. The van der Waals surface area contributed by atoms with Gasteiger partial charge in [0.1, 0.15) is 17.8 Å². The van der Waals surface area contributed by atoms with Crippen molar-refractivity contribution in [3.05, 3.63) is 53.4 Å². The Balaban J connectivity index is 1.36. The number of carbonyl (C=O) groups is 1. The van der Waals surface area contributed by atoms with Crippen molar-refractivity contribution in [3.63, 3.8) is 0 Å². The summed E-state index contributed by atoms with van der Waals surface area (Å²) in [6.45, 7) is 4.60. The van der Waals surface area contributed by atoms with Crippen molar-refractivity contribution in [2.24, 2.45) is 0 Å². The van der Waals surface area contributed by atoms with Gasteiger partial charge in [-0.1, -0.05) is 23.7 Å². The Kier molecular flexibility index (Phi) is 5.08. The third-order valence-electron chi connectivity index (χ3n) is 6.46. The van der Waals surface area contributed by atoms with Gasteiger partial charge < -0.3 is 20.1 Å². The zero-order valence-corrected chi connectivity index (χ0v) is 17.5. The third kappa shape index (κ3) is 3.32. The number of halogens is 1. The molecule has 0 unspecified atom stereocenters. The standard InChI is InChI=1S/C22H25ClN6O/c23-17-3-1-16(2-4-17)22(6-9-24-10-7-22)21(30)29-13-11-28(12-14-29)20-18-5-8-25-19(18)26-15-27-20/h1-5,8,15,24H,6-7,9-14H2,(H,25,26,27). The summed E-state index contributed by atoms with van der Waals surface area (Å²) in [5.74, 6) is 1.17. The number of hydrogen-bond donors (Lipinski definition) is 2. The molecule has 1 amide bonds. The predicted molar refractivity (Wildman–Crippen MR) is 118 cm³/mol. The van der Waals surface area contributed by atoms with Crippen molar-refractivity contribution < 1.29 is 4.79 Å². The summed E-state index contributed by atoms with van der Waals surface area (Å²) in [4.78, 5) is 30.0. The summed E-state index contributed by atoms with van der Waals surface area (Å²) >= 11 is 6.11. The van der Waals surface area contributed by atoms with E-state index < -0.39 is 5.41 Å². The number of anilines is 1. The van der Waals surface area contributed by atoms with Crippen LogP contribution in [-0.4, -0.2) is 65.0 Å². The van der Waals surface area contributed by atoms with E-state index in [0.717, 1.165) is 61.4 Å². The molecule has 2 aromatic heterocycles. The van der Waals surface area contributed by atoms with Crippen molar-refractivity contribution in [1.82, 2.24) is 25.2 Å². The minimum Gasteiger partial charge on any atom is -0.352 e. The lowest BCUT2D eigenvalue weighted by molar-refractivity contribution is -0.139. The number of aromatic amines is 1. The van der Waals surface area contributed by atoms with E-state index in [1.165, 1.54) is 0 Å². The quantitative estimate of drug-likeness (QED) is 0.675. The van der Waals surface area contributed by atoms with E-state index in [1.807, 2.05) is 41.4 Å². The number of fused-ring (bicyclic) bond motifs is 1. The first kappa shape index (κ1) is 19.3. The molecule has 2 aliphatic rings. The Morgan fingerprint density at radius 1 is 1.00 bits per heavy atom. The summed E-state index contributed by atoms with van der Waals surface area (Å²) in [5.41, 5.74) is 1.45. The molecular formula is C22H25ClN6O. The Bertz CT molecular complexity index is 1040. The molecule has 2 saturated heterocycles. The Morgan fingerprint density at radius 3 is 2.47 bits per heavy atom. The number of rotatable bonds is 3. The fraction of sp³-hybridized carbons (Fsp3) is 0.409. The molecule has 2 N–H and O–H groups in total. The molecule has 0 radical (unpaired) electrons. The van der Waals surface area contributed by atoms with Gasteiger partial charge in [0.2, 0.25) is 5.91 Å². The number of aromatic nitrogens is 3. The molecule has 3 aromatic rings. The highest BCUT2D eigenvalue weighted by Crippen LogP contribution is 2.36. The maximum atomic E-state index is 13.8. The van der Waals surface area contributed by atoms with Crippen LogP contribution in [0.25, 0.3) is 11.0 Å². The molecule has 5 rings (SSSR count). The van der Waals surface area contributed by atoms with Gasteiger partial charge in [-0.15, -0.1) is 0 Å². The molecule has 4 heterocycles. The largest absolute Gasteiger partial charge is 0.352 e. The van der Waals surface area contributed by atoms with Gasteiger partial charge in [-0.3, -0.25) is 4.79 Å². The molecule has 30 heavy (non-hydrogen) atoms. The first-order valence-electron chi connectivity index (χ1n) is 10.5. The highest BCUT2D eigenvalue weighted by atomic mass is 35.5. The molecule has 0 atom stereocenters. The van der Waals surface area contributed by atoms with Crippen molar-refractivity contribution >= 4 is 34.4 Å². The van der Waals surface area contributed by atoms with Gasteiger partial charge in [-0.05, 0) is 49.7 Å². The van der Waals surface area contributed by atoms with Crippen LogP contribution in [0.3, 0.4) is 0 Å². The van der Waals surface area contributed by atoms with Gasteiger partial charge in [0.25, 0.3) is 0 Å². The lowest BCUT2D eigenvalue weighted by Crippen LogP contribution is -2.57. The van der Waals surface area contributed by atoms with E-state index >= 15 is 0 Å². The van der Waals surface area contributed by atoms with Gasteiger partial charge in [-0.2, -0.15) is 0 Å². The fourth-order valence-corrected chi connectivity index (χ4v) is 4.91. The zero-order chi connectivity index (χ0) is 20.6. The number of piperazine rings is 1. The second kappa shape index (κ2) is 7.89. The predicted octanol–water partition coefficient (Wildman–Crippen LogP) is 2.58. The number of nitrogens with zero attached hydrogens (tertiary/aromatic N) is 4. The van der Waals surface area contributed by atoms with E-state index in [2.05, 4.69) is 25.2 Å². The van der Waals surface area contributed by atoms with Gasteiger partial charge in [0.05, 0.1) is 10.8 Å². The average molecular weight is 425 g/mol. The number of benzene rings is 1. The van der Waals surface area contributed by atoms with E-state index in [1.54, 1.807) is 6.33 Å². The second-order valence-electron chi connectivity index (χ2n) is 8.06. The van der Waals surface area contributed by atoms with E-state index in [-0.39, 0.29) is 5.91 Å². The molecule has 7 nitrogen and oxygen atoms in total. The number of carbonyl (C=O) groups excluding carboxylic acids is 1. The van der Waals surface area contributed by atoms with Crippen LogP contribution < -0.4 is 10.2 Å². The first-order valence-corrected chi connectivity index (χ1v) is 10.8. The van der Waals surface area contributed by atoms with E-state index in [9.17, 15) is 4.79 Å². The maximum Gasteiger partial charge on any atom is 0.233 e. The van der Waals surface area contributed by atoms with Crippen LogP contribution in [0.2, 0.25) is 5.02 Å². The van der Waals surface area contributed by atoms with Crippen molar-refractivity contribution in [3.8, 4) is 0 Å². The average Bonchev–Trinajstić information content (AvgIpc) is 3.29. The second-order valence-corrected chi connectivity index (χ2v) is 8.49. The normalized spacial score (nSPS) is 19.2. The fourth-order valence-electron chi connectivity index (χ4n) is 4.78. The maximum absolute atomic E-state index is 13.8. The molecule has 156 valence electrons. The molecule has 0 bridgehead atoms. The Labute approximate surface area is 180 Å². The number of hydrogen-bond acceptors (Lipinski definition) is 5.